The molecule has 0 aromatic carbocycles. The first kappa shape index (κ1) is 102. The van der Waals surface area contributed by atoms with E-state index in [1.165, 1.54) is 263 Å². The highest BCUT2D eigenvalue weighted by molar-refractivity contribution is 7.47. The van der Waals surface area contributed by atoms with Crippen molar-refractivity contribution in [3.8, 4) is 0 Å². The van der Waals surface area contributed by atoms with E-state index >= 15 is 0 Å². The van der Waals surface area contributed by atoms with E-state index in [4.69, 9.17) is 37.0 Å². The highest BCUT2D eigenvalue weighted by atomic mass is 31.2. The number of esters is 4. The second-order valence-corrected chi connectivity index (χ2v) is 34.4. The predicted octanol–water partition coefficient (Wildman–Crippen LogP) is 25.8. The van der Waals surface area contributed by atoms with Crippen molar-refractivity contribution in [3.05, 3.63) is 0 Å². The number of carbonyl (C=O) groups is 4. The summed E-state index contributed by atoms with van der Waals surface area (Å²) in [5.74, 6) is -0.620. The summed E-state index contributed by atoms with van der Waals surface area (Å²) in [4.78, 5) is 73.1. The zero-order chi connectivity index (χ0) is 76.4. The number of phosphoric acid groups is 2. The number of aliphatic hydroxyl groups excluding tert-OH is 1. The van der Waals surface area contributed by atoms with Gasteiger partial charge in [-0.2, -0.15) is 0 Å². The molecule has 0 amide bonds. The molecular formula is C85H166O17P2. The summed E-state index contributed by atoms with van der Waals surface area (Å²) < 4.78 is 68.8. The molecule has 0 spiro atoms. The van der Waals surface area contributed by atoms with Crippen LogP contribution >= 0.6 is 15.6 Å². The molecule has 0 aliphatic carbocycles. The van der Waals surface area contributed by atoms with Crippen molar-refractivity contribution in [1.82, 2.24) is 0 Å². The standard InChI is InChI=1S/C85H166O17P2/c1-7-9-11-13-15-17-19-21-23-24-25-26-27-28-29-33-38-42-46-50-58-64-69-84(89)101-80(73-95-82(87)67-61-55-48-44-40-36-34-30-32-35-39-43-47-53-59-65-77(3)4)75-99-103(91,92)97-71-79(86)72-98-104(93,94)100-76-81(74-96-83(88)68-62-56-52-51-54-60-66-78(5)6)102-85(90)70-63-57-49-45-41-37-31-22-20-18-16-14-12-10-8-2/h77-81,86H,7-76H2,1-6H3,(H,91,92)(H,93,94)/t79-,80-,81-/m1/s1. The molecule has 0 bridgehead atoms. The van der Waals surface area contributed by atoms with Crippen LogP contribution in [0.3, 0.4) is 0 Å². The number of hydrogen-bond donors (Lipinski definition) is 3. The van der Waals surface area contributed by atoms with Crippen molar-refractivity contribution < 1.29 is 80.2 Å². The molecule has 2 unspecified atom stereocenters. The Balaban J connectivity index is 5.20. The van der Waals surface area contributed by atoms with Crippen LogP contribution in [0.5, 0.6) is 0 Å². The minimum atomic E-state index is -4.96. The van der Waals surface area contributed by atoms with E-state index in [-0.39, 0.29) is 25.7 Å². The molecule has 0 aromatic heterocycles. The van der Waals surface area contributed by atoms with Crippen LogP contribution in [0.25, 0.3) is 0 Å². The highest BCUT2D eigenvalue weighted by Gasteiger charge is 2.30. The van der Waals surface area contributed by atoms with Gasteiger partial charge in [-0.25, -0.2) is 9.13 Å². The number of ether oxygens (including phenoxy) is 4. The molecule has 0 aliphatic rings. The number of aliphatic hydroxyl groups is 1. The van der Waals surface area contributed by atoms with E-state index in [9.17, 15) is 43.2 Å². The molecule has 0 aliphatic heterocycles. The van der Waals surface area contributed by atoms with Crippen molar-refractivity contribution in [1.29, 1.82) is 0 Å². The van der Waals surface area contributed by atoms with Crippen molar-refractivity contribution in [2.75, 3.05) is 39.6 Å². The van der Waals surface area contributed by atoms with Crippen LogP contribution < -0.4 is 0 Å². The van der Waals surface area contributed by atoms with Crippen LogP contribution in [0.15, 0.2) is 0 Å². The molecule has 0 saturated carbocycles. The monoisotopic (exact) mass is 1520 g/mol. The summed E-state index contributed by atoms with van der Waals surface area (Å²) in [7, 11) is -9.92. The number of phosphoric ester groups is 2. The Hall–Kier alpha value is -1.94. The molecule has 5 atom stereocenters. The first-order chi connectivity index (χ1) is 50.4. The number of unbranched alkanes of at least 4 members (excludes halogenated alkanes) is 54. The van der Waals surface area contributed by atoms with E-state index in [2.05, 4.69) is 41.5 Å². The van der Waals surface area contributed by atoms with Gasteiger partial charge in [0.15, 0.2) is 12.2 Å². The lowest BCUT2D eigenvalue weighted by Crippen LogP contribution is -2.30. The van der Waals surface area contributed by atoms with Gasteiger partial charge in [0.1, 0.15) is 19.3 Å². The summed E-state index contributed by atoms with van der Waals surface area (Å²) in [6.07, 6.45) is 68.3. The first-order valence-electron chi connectivity index (χ1n) is 44.0. The maximum absolute atomic E-state index is 13.1. The molecule has 0 saturated heterocycles. The van der Waals surface area contributed by atoms with Gasteiger partial charge in [0.2, 0.25) is 0 Å². The zero-order valence-corrected chi connectivity index (χ0v) is 70.1. The Bertz CT molecular complexity index is 1990. The van der Waals surface area contributed by atoms with Crippen molar-refractivity contribution in [3.63, 3.8) is 0 Å². The second kappa shape index (κ2) is 76.4. The smallest absolute Gasteiger partial charge is 0.462 e. The Morgan fingerprint density at radius 3 is 0.654 bits per heavy atom. The van der Waals surface area contributed by atoms with Crippen molar-refractivity contribution >= 4 is 39.5 Å². The second-order valence-electron chi connectivity index (χ2n) is 31.5. The van der Waals surface area contributed by atoms with Crippen molar-refractivity contribution in [2.45, 2.75) is 471 Å². The van der Waals surface area contributed by atoms with Gasteiger partial charge in [-0.1, -0.05) is 401 Å². The zero-order valence-electron chi connectivity index (χ0n) is 68.3. The highest BCUT2D eigenvalue weighted by Crippen LogP contribution is 2.45. The Kier molecular flexibility index (Phi) is 75.0. The molecule has 618 valence electrons. The lowest BCUT2D eigenvalue weighted by atomic mass is 10.0. The molecule has 19 heteroatoms. The molecule has 0 heterocycles. The van der Waals surface area contributed by atoms with Crippen molar-refractivity contribution in [2.24, 2.45) is 11.8 Å². The predicted molar refractivity (Wildman–Crippen MR) is 428 cm³/mol. The third kappa shape index (κ3) is 78.2. The fourth-order valence-electron chi connectivity index (χ4n) is 13.2. The molecule has 17 nitrogen and oxygen atoms in total. The van der Waals surface area contributed by atoms with E-state index < -0.39 is 97.5 Å². The van der Waals surface area contributed by atoms with E-state index in [0.29, 0.717) is 31.6 Å². The fourth-order valence-corrected chi connectivity index (χ4v) is 14.8. The van der Waals surface area contributed by atoms with E-state index in [0.717, 1.165) is 102 Å². The van der Waals surface area contributed by atoms with Crippen LogP contribution in [0.2, 0.25) is 0 Å². The van der Waals surface area contributed by atoms with Gasteiger partial charge >= 0.3 is 39.5 Å². The summed E-state index contributed by atoms with van der Waals surface area (Å²) in [5, 5.41) is 10.7. The van der Waals surface area contributed by atoms with Crippen LogP contribution in [0, 0.1) is 11.8 Å². The van der Waals surface area contributed by atoms with Crippen LogP contribution in [0.1, 0.15) is 452 Å². The Labute approximate surface area is 638 Å². The molecule has 0 rings (SSSR count). The average Bonchev–Trinajstić information content (AvgIpc) is 0.906. The summed E-state index contributed by atoms with van der Waals surface area (Å²) in [6, 6.07) is 0. The van der Waals surface area contributed by atoms with Gasteiger partial charge in [-0.3, -0.25) is 37.3 Å². The molecule has 0 fully saturated rings. The van der Waals surface area contributed by atoms with Gasteiger partial charge < -0.3 is 33.8 Å². The van der Waals surface area contributed by atoms with Gasteiger partial charge in [0.05, 0.1) is 26.4 Å². The number of rotatable bonds is 84. The van der Waals surface area contributed by atoms with Gasteiger partial charge in [-0.05, 0) is 37.5 Å². The van der Waals surface area contributed by atoms with Crippen LogP contribution in [0.4, 0.5) is 0 Å². The van der Waals surface area contributed by atoms with Crippen LogP contribution in [-0.4, -0.2) is 96.7 Å². The third-order valence-electron chi connectivity index (χ3n) is 20.0. The summed E-state index contributed by atoms with van der Waals surface area (Å²) in [5.41, 5.74) is 0. The third-order valence-corrected chi connectivity index (χ3v) is 21.9. The molecule has 104 heavy (non-hydrogen) atoms. The number of carbonyl (C=O) groups excluding carboxylic acids is 4. The van der Waals surface area contributed by atoms with E-state index in [1.54, 1.807) is 0 Å². The lowest BCUT2D eigenvalue weighted by molar-refractivity contribution is -0.161. The first-order valence-corrected chi connectivity index (χ1v) is 47.0. The molecule has 0 aromatic rings. The maximum atomic E-state index is 13.1. The van der Waals surface area contributed by atoms with Gasteiger partial charge in [0, 0.05) is 25.7 Å². The topological polar surface area (TPSA) is 237 Å². The Morgan fingerprint density at radius 1 is 0.260 bits per heavy atom. The van der Waals surface area contributed by atoms with Gasteiger partial charge in [-0.15, -0.1) is 0 Å². The average molecular weight is 1520 g/mol. The molecule has 0 radical (unpaired) electrons. The molecule has 3 N–H and O–H groups in total. The SMILES string of the molecule is CCCCCCCCCCCCCCCCCCCCCCCCC(=O)O[C@H](COC(=O)CCCCCCCCCCCCCCCCCC(C)C)COP(=O)(O)OC[C@@H](O)COP(=O)(O)OC[C@@H](COC(=O)CCCCCCCCC(C)C)OC(=O)CCCCCCCCCCCCCCCCC. The minimum Gasteiger partial charge on any atom is -0.462 e. The normalized spacial score (nSPS) is 13.8. The van der Waals surface area contributed by atoms with Crippen LogP contribution in [-0.2, 0) is 65.4 Å². The largest absolute Gasteiger partial charge is 0.472 e. The molecular weight excluding hydrogens is 1350 g/mol. The van der Waals surface area contributed by atoms with Gasteiger partial charge in [0.25, 0.3) is 0 Å². The summed E-state index contributed by atoms with van der Waals surface area (Å²) in [6.45, 7) is 9.61. The quantitative estimate of drug-likeness (QED) is 0.0222. The lowest BCUT2D eigenvalue weighted by Gasteiger charge is -2.21. The summed E-state index contributed by atoms with van der Waals surface area (Å²) >= 11 is 0. The minimum absolute atomic E-state index is 0.107. The maximum Gasteiger partial charge on any atom is 0.472 e. The number of hydrogen-bond acceptors (Lipinski definition) is 15. The van der Waals surface area contributed by atoms with E-state index in [1.807, 2.05) is 0 Å². The fraction of sp³-hybridized carbons (Fsp3) is 0.953. The Morgan fingerprint density at radius 2 is 0.442 bits per heavy atom.